The van der Waals surface area contributed by atoms with E-state index in [9.17, 15) is 4.79 Å². The molecule has 2 aromatic rings. The molecule has 0 aliphatic carbocycles. The Morgan fingerprint density at radius 2 is 1.70 bits per heavy atom. The van der Waals surface area contributed by atoms with E-state index in [1.807, 2.05) is 12.1 Å². The van der Waals surface area contributed by atoms with Crippen LogP contribution in [-0.4, -0.2) is 19.0 Å². The van der Waals surface area contributed by atoms with Crippen LogP contribution >= 0.6 is 0 Å². The summed E-state index contributed by atoms with van der Waals surface area (Å²) in [7, 11) is 0. The number of hydrogen-bond acceptors (Lipinski definition) is 3. The number of anilines is 2. The summed E-state index contributed by atoms with van der Waals surface area (Å²) in [4.78, 5) is 14.5. The number of hydrogen-bond donors (Lipinski definition) is 1. The molecule has 0 radical (unpaired) electrons. The summed E-state index contributed by atoms with van der Waals surface area (Å²) in [6.07, 6.45) is 2.86. The molecule has 1 aliphatic rings. The van der Waals surface area contributed by atoms with Crippen LogP contribution in [0.15, 0.2) is 48.5 Å². The molecule has 0 unspecified atom stereocenters. The van der Waals surface area contributed by atoms with Gasteiger partial charge in [-0.2, -0.15) is 5.26 Å². The van der Waals surface area contributed by atoms with E-state index < -0.39 is 0 Å². The number of amides is 1. The van der Waals surface area contributed by atoms with Crippen molar-refractivity contribution in [2.24, 2.45) is 0 Å². The summed E-state index contributed by atoms with van der Waals surface area (Å²) >= 11 is 0. The molecule has 23 heavy (non-hydrogen) atoms. The quantitative estimate of drug-likeness (QED) is 0.942. The topological polar surface area (TPSA) is 56.1 Å². The van der Waals surface area contributed by atoms with E-state index in [0.717, 1.165) is 18.7 Å². The number of nitrogens with one attached hydrogen (secondary N) is 1. The fourth-order valence-corrected chi connectivity index (χ4v) is 2.82. The van der Waals surface area contributed by atoms with Crippen molar-refractivity contribution in [3.63, 3.8) is 0 Å². The predicted octanol–water partition coefficient (Wildman–Crippen LogP) is 3.34. The van der Waals surface area contributed by atoms with Crippen LogP contribution < -0.4 is 10.2 Å². The average Bonchev–Trinajstić information content (AvgIpc) is 3.11. The maximum atomic E-state index is 12.1. The van der Waals surface area contributed by atoms with Gasteiger partial charge >= 0.3 is 0 Å². The summed E-state index contributed by atoms with van der Waals surface area (Å²) in [6.45, 7) is 2.25. The van der Waals surface area contributed by atoms with Gasteiger partial charge in [0.05, 0.1) is 18.1 Å². The number of carbonyl (C=O) groups is 1. The molecule has 1 amide bonds. The van der Waals surface area contributed by atoms with Crippen LogP contribution in [-0.2, 0) is 11.2 Å². The van der Waals surface area contributed by atoms with Gasteiger partial charge < -0.3 is 10.2 Å². The largest absolute Gasteiger partial charge is 0.372 e. The predicted molar refractivity (Wildman–Crippen MR) is 91.4 cm³/mol. The van der Waals surface area contributed by atoms with E-state index in [1.54, 1.807) is 24.3 Å². The van der Waals surface area contributed by atoms with Gasteiger partial charge in [0.2, 0.25) is 5.91 Å². The van der Waals surface area contributed by atoms with Gasteiger partial charge in [-0.3, -0.25) is 4.79 Å². The second-order valence-electron chi connectivity index (χ2n) is 5.77. The van der Waals surface area contributed by atoms with Crippen LogP contribution in [0.5, 0.6) is 0 Å². The lowest BCUT2D eigenvalue weighted by atomic mass is 10.1. The second-order valence-corrected chi connectivity index (χ2v) is 5.77. The minimum atomic E-state index is -0.0522. The first kappa shape index (κ1) is 15.1. The van der Waals surface area contributed by atoms with Gasteiger partial charge in [0.15, 0.2) is 0 Å². The first-order valence-corrected chi connectivity index (χ1v) is 7.88. The van der Waals surface area contributed by atoms with Crippen LogP contribution in [0, 0.1) is 11.3 Å². The van der Waals surface area contributed by atoms with E-state index in [2.05, 4.69) is 28.4 Å². The number of rotatable bonds is 4. The van der Waals surface area contributed by atoms with E-state index in [0.29, 0.717) is 17.7 Å². The van der Waals surface area contributed by atoms with Crippen molar-refractivity contribution in [2.45, 2.75) is 19.3 Å². The third-order valence-electron chi connectivity index (χ3n) is 4.07. The summed E-state index contributed by atoms with van der Waals surface area (Å²) in [6, 6.07) is 17.2. The van der Waals surface area contributed by atoms with Crippen molar-refractivity contribution < 1.29 is 4.79 Å². The van der Waals surface area contributed by atoms with Crippen LogP contribution in [0.25, 0.3) is 0 Å². The Balaban J connectivity index is 1.57. The van der Waals surface area contributed by atoms with Crippen LogP contribution in [0.3, 0.4) is 0 Å². The molecule has 0 aromatic heterocycles. The lowest BCUT2D eigenvalue weighted by Crippen LogP contribution is -2.17. The molecule has 2 aromatic carbocycles. The van der Waals surface area contributed by atoms with Gasteiger partial charge in [-0.25, -0.2) is 0 Å². The van der Waals surface area contributed by atoms with Crippen LogP contribution in [0.2, 0.25) is 0 Å². The zero-order chi connectivity index (χ0) is 16.1. The highest BCUT2D eigenvalue weighted by molar-refractivity contribution is 5.92. The van der Waals surface area contributed by atoms with Crippen molar-refractivity contribution in [1.29, 1.82) is 5.26 Å². The highest BCUT2D eigenvalue weighted by Crippen LogP contribution is 2.20. The molecule has 1 saturated heterocycles. The minimum absolute atomic E-state index is 0.0522. The Morgan fingerprint density at radius 1 is 1.04 bits per heavy atom. The number of benzene rings is 2. The molecule has 116 valence electrons. The molecule has 0 spiro atoms. The van der Waals surface area contributed by atoms with Gasteiger partial charge in [0.25, 0.3) is 0 Å². The molecule has 4 heteroatoms. The first-order valence-electron chi connectivity index (χ1n) is 7.88. The third-order valence-corrected chi connectivity index (χ3v) is 4.07. The van der Waals surface area contributed by atoms with Crippen molar-refractivity contribution >= 4 is 17.3 Å². The number of carbonyl (C=O) groups excluding carboxylic acids is 1. The molecule has 1 aliphatic heterocycles. The van der Waals surface area contributed by atoms with Crippen molar-refractivity contribution in [3.8, 4) is 6.07 Å². The summed E-state index contributed by atoms with van der Waals surface area (Å²) in [5.41, 5.74) is 3.53. The Kier molecular flexibility index (Phi) is 4.58. The second kappa shape index (κ2) is 6.97. The number of nitriles is 1. The van der Waals surface area contributed by atoms with E-state index >= 15 is 0 Å². The smallest absolute Gasteiger partial charge is 0.228 e. The van der Waals surface area contributed by atoms with E-state index in [4.69, 9.17) is 5.26 Å². The zero-order valence-electron chi connectivity index (χ0n) is 13.0. The Bertz CT molecular complexity index is 708. The van der Waals surface area contributed by atoms with Crippen molar-refractivity contribution in [1.82, 2.24) is 0 Å². The lowest BCUT2D eigenvalue weighted by molar-refractivity contribution is -0.115. The Hall–Kier alpha value is -2.80. The molecular formula is C19H19N3O. The molecule has 1 fully saturated rings. The average molecular weight is 305 g/mol. The molecule has 1 N–H and O–H groups in total. The summed E-state index contributed by atoms with van der Waals surface area (Å²) < 4.78 is 0. The summed E-state index contributed by atoms with van der Waals surface area (Å²) in [5, 5.41) is 11.6. The Morgan fingerprint density at radius 3 is 2.30 bits per heavy atom. The fraction of sp³-hybridized carbons (Fsp3) is 0.263. The van der Waals surface area contributed by atoms with E-state index in [-0.39, 0.29) is 5.91 Å². The van der Waals surface area contributed by atoms with Gasteiger partial charge in [-0.05, 0) is 54.8 Å². The third kappa shape index (κ3) is 3.89. The lowest BCUT2D eigenvalue weighted by Gasteiger charge is -2.17. The SMILES string of the molecule is N#Cc1ccc(NC(=O)Cc2ccc(N3CCCC3)cc2)cc1. The van der Waals surface area contributed by atoms with Crippen LogP contribution in [0.1, 0.15) is 24.0 Å². The van der Waals surface area contributed by atoms with Gasteiger partial charge in [-0.1, -0.05) is 12.1 Å². The highest BCUT2D eigenvalue weighted by Gasteiger charge is 2.12. The molecule has 4 nitrogen and oxygen atoms in total. The monoisotopic (exact) mass is 305 g/mol. The maximum Gasteiger partial charge on any atom is 0.228 e. The maximum absolute atomic E-state index is 12.1. The highest BCUT2D eigenvalue weighted by atomic mass is 16.1. The summed E-state index contributed by atoms with van der Waals surface area (Å²) in [5.74, 6) is -0.0522. The number of nitrogens with zero attached hydrogens (tertiary/aromatic N) is 2. The molecule has 0 saturated carbocycles. The van der Waals surface area contributed by atoms with Gasteiger partial charge in [0, 0.05) is 24.5 Å². The standard InChI is InChI=1S/C19H19N3O/c20-14-16-3-7-17(8-4-16)21-19(23)13-15-5-9-18(10-6-15)22-11-1-2-12-22/h3-10H,1-2,11-13H2,(H,21,23). The minimum Gasteiger partial charge on any atom is -0.372 e. The molecular weight excluding hydrogens is 286 g/mol. The van der Waals surface area contributed by atoms with E-state index in [1.165, 1.54) is 18.5 Å². The zero-order valence-corrected chi connectivity index (χ0v) is 13.0. The molecule has 0 atom stereocenters. The Labute approximate surface area is 136 Å². The van der Waals surface area contributed by atoms with Crippen molar-refractivity contribution in [3.05, 3.63) is 59.7 Å². The molecule has 3 rings (SSSR count). The van der Waals surface area contributed by atoms with Gasteiger partial charge in [0.1, 0.15) is 0 Å². The normalized spacial score (nSPS) is 13.6. The van der Waals surface area contributed by atoms with Gasteiger partial charge in [-0.15, -0.1) is 0 Å². The molecule has 0 bridgehead atoms. The van der Waals surface area contributed by atoms with Crippen molar-refractivity contribution in [2.75, 3.05) is 23.3 Å². The van der Waals surface area contributed by atoms with Crippen LogP contribution in [0.4, 0.5) is 11.4 Å². The molecule has 1 heterocycles. The fourth-order valence-electron chi connectivity index (χ4n) is 2.82. The first-order chi connectivity index (χ1) is 11.2.